The minimum Gasteiger partial charge on any atom is -0.470 e. The van der Waals surface area contributed by atoms with Crippen molar-refractivity contribution in [3.8, 4) is 5.88 Å². The van der Waals surface area contributed by atoms with Crippen LogP contribution in [0.15, 0.2) is 47.8 Å². The maximum absolute atomic E-state index is 6.00. The van der Waals surface area contributed by atoms with E-state index in [-0.39, 0.29) is 0 Å². The van der Waals surface area contributed by atoms with Crippen LogP contribution in [-0.2, 0) is 0 Å². The predicted molar refractivity (Wildman–Crippen MR) is 78.6 cm³/mol. The molecule has 20 heavy (non-hydrogen) atoms. The van der Waals surface area contributed by atoms with Crippen molar-refractivity contribution in [2.75, 3.05) is 13.2 Å². The van der Waals surface area contributed by atoms with Crippen LogP contribution in [-0.4, -0.2) is 28.8 Å². The second kappa shape index (κ2) is 6.01. The van der Waals surface area contributed by atoms with Crippen LogP contribution in [0.25, 0.3) is 0 Å². The zero-order chi connectivity index (χ0) is 13.8. The Bertz CT molecular complexity index is 616. The molecule has 5 heteroatoms. The molecule has 0 saturated carbocycles. The highest BCUT2D eigenvalue weighted by molar-refractivity contribution is 6.31. The van der Waals surface area contributed by atoms with E-state index in [9.17, 15) is 0 Å². The molecule has 3 rings (SSSR count). The summed E-state index contributed by atoms with van der Waals surface area (Å²) in [6.45, 7) is 1.23. The van der Waals surface area contributed by atoms with Gasteiger partial charge in [0.1, 0.15) is 11.6 Å². The molecule has 0 fully saturated rings. The van der Waals surface area contributed by atoms with Crippen molar-refractivity contribution in [1.29, 1.82) is 0 Å². The fraction of sp³-hybridized carbons (Fsp3) is 0.267. The summed E-state index contributed by atoms with van der Waals surface area (Å²) in [5.74, 6) is 0.864. The Labute approximate surface area is 122 Å². The number of rotatable bonds is 4. The number of halogens is 1. The van der Waals surface area contributed by atoms with Crippen molar-refractivity contribution in [3.05, 3.63) is 53.4 Å². The molecule has 2 aromatic heterocycles. The minimum atomic E-state index is 0.404. The van der Waals surface area contributed by atoms with Crippen LogP contribution in [0.3, 0.4) is 0 Å². The average Bonchev–Trinajstić information content (AvgIpc) is 2.96. The van der Waals surface area contributed by atoms with Gasteiger partial charge in [0, 0.05) is 31.1 Å². The van der Waals surface area contributed by atoms with Gasteiger partial charge in [-0.1, -0.05) is 17.7 Å². The molecule has 0 aliphatic carbocycles. The van der Waals surface area contributed by atoms with Gasteiger partial charge >= 0.3 is 0 Å². The van der Waals surface area contributed by atoms with Crippen molar-refractivity contribution >= 4 is 17.3 Å². The second-order valence-corrected chi connectivity index (χ2v) is 5.08. The van der Waals surface area contributed by atoms with Gasteiger partial charge in [0.15, 0.2) is 0 Å². The summed E-state index contributed by atoms with van der Waals surface area (Å²) in [7, 11) is 0. The zero-order valence-electron chi connectivity index (χ0n) is 10.9. The van der Waals surface area contributed by atoms with E-state index in [1.807, 2.05) is 12.3 Å². The van der Waals surface area contributed by atoms with Gasteiger partial charge in [-0.05, 0) is 30.2 Å². The van der Waals surface area contributed by atoms with E-state index < -0.39 is 0 Å². The lowest BCUT2D eigenvalue weighted by molar-refractivity contribution is 0.360. The molecule has 1 aliphatic rings. The van der Waals surface area contributed by atoms with Crippen LogP contribution in [0.4, 0.5) is 0 Å². The Morgan fingerprint density at radius 1 is 1.25 bits per heavy atom. The van der Waals surface area contributed by atoms with Crippen LogP contribution in [0.1, 0.15) is 17.9 Å². The molecule has 2 aromatic rings. The number of nitrogens with zero attached hydrogens (tertiary/aromatic N) is 3. The normalized spacial score (nSPS) is 17.9. The minimum absolute atomic E-state index is 0.404. The number of ether oxygens (including phenoxy) is 1. The number of hydrogen-bond donors (Lipinski definition) is 0. The van der Waals surface area contributed by atoms with Gasteiger partial charge in [0.2, 0.25) is 5.88 Å². The SMILES string of the molecule is Clc1cccnc1OCC1=NC[C@@H](c2cccnc2)C1. The van der Waals surface area contributed by atoms with Crippen molar-refractivity contribution in [1.82, 2.24) is 9.97 Å². The smallest absolute Gasteiger partial charge is 0.232 e. The largest absolute Gasteiger partial charge is 0.470 e. The molecule has 0 spiro atoms. The van der Waals surface area contributed by atoms with Crippen LogP contribution in [0.5, 0.6) is 5.88 Å². The van der Waals surface area contributed by atoms with Crippen molar-refractivity contribution in [2.45, 2.75) is 12.3 Å². The van der Waals surface area contributed by atoms with Crippen LogP contribution in [0, 0.1) is 0 Å². The Balaban J connectivity index is 1.57. The summed E-state index contributed by atoms with van der Waals surface area (Å²) in [6, 6.07) is 7.59. The molecule has 0 bridgehead atoms. The highest BCUT2D eigenvalue weighted by Crippen LogP contribution is 2.26. The first-order valence-corrected chi connectivity index (χ1v) is 6.86. The average molecular weight is 288 g/mol. The first-order chi connectivity index (χ1) is 9.83. The molecule has 0 radical (unpaired) electrons. The van der Waals surface area contributed by atoms with Gasteiger partial charge < -0.3 is 4.74 Å². The molecule has 3 heterocycles. The third-order valence-corrected chi connectivity index (χ3v) is 3.56. The van der Waals surface area contributed by atoms with Crippen LogP contribution < -0.4 is 4.74 Å². The van der Waals surface area contributed by atoms with E-state index in [4.69, 9.17) is 16.3 Å². The molecule has 102 valence electrons. The van der Waals surface area contributed by atoms with Gasteiger partial charge in [-0.15, -0.1) is 0 Å². The van der Waals surface area contributed by atoms with E-state index in [2.05, 4.69) is 21.0 Å². The molecular formula is C15H14ClN3O. The lowest BCUT2D eigenvalue weighted by atomic mass is 9.98. The molecule has 0 aromatic carbocycles. The molecule has 1 aliphatic heterocycles. The maximum Gasteiger partial charge on any atom is 0.232 e. The summed E-state index contributed by atoms with van der Waals surface area (Å²) in [5.41, 5.74) is 2.27. The van der Waals surface area contributed by atoms with E-state index >= 15 is 0 Å². The molecule has 0 amide bonds. The molecule has 4 nitrogen and oxygen atoms in total. The lowest BCUT2D eigenvalue weighted by Gasteiger charge is -2.09. The molecule has 0 N–H and O–H groups in total. The topological polar surface area (TPSA) is 47.4 Å². The Kier molecular flexibility index (Phi) is 3.92. The first kappa shape index (κ1) is 13.1. The maximum atomic E-state index is 6.00. The second-order valence-electron chi connectivity index (χ2n) is 4.67. The summed E-state index contributed by atoms with van der Waals surface area (Å²) in [6.07, 6.45) is 6.25. The summed E-state index contributed by atoms with van der Waals surface area (Å²) < 4.78 is 5.62. The molecule has 0 unspecified atom stereocenters. The summed E-state index contributed by atoms with van der Waals surface area (Å²) in [5, 5.41) is 0.523. The van der Waals surface area contributed by atoms with Gasteiger partial charge in [0.05, 0.1) is 5.71 Å². The van der Waals surface area contributed by atoms with Crippen LogP contribution >= 0.6 is 11.6 Å². The third-order valence-electron chi connectivity index (χ3n) is 3.27. The van der Waals surface area contributed by atoms with Gasteiger partial charge in [-0.3, -0.25) is 9.98 Å². The Hall–Kier alpha value is -1.94. The van der Waals surface area contributed by atoms with E-state index in [1.54, 1.807) is 24.5 Å². The third kappa shape index (κ3) is 2.96. The molecule has 0 saturated heterocycles. The standard InChI is InChI=1S/C15H14ClN3O/c16-14-4-2-6-18-15(14)20-10-13-7-12(9-19-13)11-3-1-5-17-8-11/h1-6,8,12H,7,9-10H2/t12-/m0/s1. The Morgan fingerprint density at radius 3 is 2.95 bits per heavy atom. The van der Waals surface area contributed by atoms with Crippen molar-refractivity contribution in [2.24, 2.45) is 4.99 Å². The van der Waals surface area contributed by atoms with Crippen molar-refractivity contribution in [3.63, 3.8) is 0 Å². The number of aromatic nitrogens is 2. The fourth-order valence-corrected chi connectivity index (χ4v) is 2.40. The van der Waals surface area contributed by atoms with E-state index in [1.165, 1.54) is 5.56 Å². The predicted octanol–water partition coefficient (Wildman–Crippen LogP) is 3.14. The Morgan fingerprint density at radius 2 is 2.15 bits per heavy atom. The fourth-order valence-electron chi connectivity index (χ4n) is 2.23. The number of pyridine rings is 2. The number of aliphatic imine (C=N–C) groups is 1. The van der Waals surface area contributed by atoms with Gasteiger partial charge in [-0.2, -0.15) is 0 Å². The van der Waals surface area contributed by atoms with Crippen molar-refractivity contribution < 1.29 is 4.74 Å². The van der Waals surface area contributed by atoms with Gasteiger partial charge in [-0.25, -0.2) is 4.98 Å². The summed E-state index contributed by atoms with van der Waals surface area (Å²) >= 11 is 6.00. The van der Waals surface area contributed by atoms with Crippen LogP contribution in [0.2, 0.25) is 5.02 Å². The lowest BCUT2D eigenvalue weighted by Crippen LogP contribution is -2.11. The molecular weight excluding hydrogens is 274 g/mol. The molecule has 1 atom stereocenters. The van der Waals surface area contributed by atoms with E-state index in [0.29, 0.717) is 23.4 Å². The highest BCUT2D eigenvalue weighted by Gasteiger charge is 2.21. The quantitative estimate of drug-likeness (QED) is 0.868. The summed E-state index contributed by atoms with van der Waals surface area (Å²) in [4.78, 5) is 12.8. The number of hydrogen-bond acceptors (Lipinski definition) is 4. The zero-order valence-corrected chi connectivity index (χ0v) is 11.6. The van der Waals surface area contributed by atoms with Gasteiger partial charge in [0.25, 0.3) is 0 Å². The monoisotopic (exact) mass is 287 g/mol. The van der Waals surface area contributed by atoms with E-state index in [0.717, 1.165) is 18.7 Å². The first-order valence-electron chi connectivity index (χ1n) is 6.48. The highest BCUT2D eigenvalue weighted by atomic mass is 35.5.